The summed E-state index contributed by atoms with van der Waals surface area (Å²) >= 11 is 0. The first kappa shape index (κ1) is 19.7. The Balaban J connectivity index is 1.51. The van der Waals surface area contributed by atoms with Crippen LogP contribution in [-0.4, -0.2) is 23.9 Å². The number of nitrogens with zero attached hydrogens (tertiary/aromatic N) is 2. The van der Waals surface area contributed by atoms with E-state index in [1.165, 1.54) is 12.1 Å². The number of aromatic nitrogens is 2. The maximum atomic E-state index is 12.7. The predicted octanol–water partition coefficient (Wildman–Crippen LogP) is 4.11. The molecule has 1 aromatic heterocycles. The summed E-state index contributed by atoms with van der Waals surface area (Å²) in [4.78, 5) is 17.3. The standard InChI is InChI=1S/C22H20N4O3S/c1-2-26-20-11-7-6-10-19(20)23-22(26)24-21(27)16-12-14-17(15-13-16)25-30(28,29)18-8-4-3-5-9-18/h3-15,25H,2H2,1H3,(H,23,24,27). The van der Waals surface area contributed by atoms with Gasteiger partial charge in [-0.3, -0.25) is 14.8 Å². The van der Waals surface area contributed by atoms with Gasteiger partial charge in [-0.25, -0.2) is 13.4 Å². The minimum atomic E-state index is -3.68. The van der Waals surface area contributed by atoms with E-state index in [2.05, 4.69) is 15.0 Å². The van der Waals surface area contributed by atoms with E-state index in [4.69, 9.17) is 0 Å². The molecule has 0 fully saturated rings. The molecule has 152 valence electrons. The van der Waals surface area contributed by atoms with Crippen LogP contribution in [-0.2, 0) is 16.6 Å². The normalized spacial score (nSPS) is 11.4. The lowest BCUT2D eigenvalue weighted by atomic mass is 10.2. The third-order valence-electron chi connectivity index (χ3n) is 4.65. The lowest BCUT2D eigenvalue weighted by Gasteiger charge is -2.10. The molecular formula is C22H20N4O3S. The largest absolute Gasteiger partial charge is 0.310 e. The number of hydrogen-bond donors (Lipinski definition) is 2. The van der Waals surface area contributed by atoms with Crippen LogP contribution in [0.4, 0.5) is 11.6 Å². The summed E-state index contributed by atoms with van der Waals surface area (Å²) < 4.78 is 29.3. The molecule has 0 radical (unpaired) electrons. The fourth-order valence-electron chi connectivity index (χ4n) is 3.17. The second-order valence-corrected chi connectivity index (χ2v) is 8.30. The number of anilines is 2. The van der Waals surface area contributed by atoms with Crippen LogP contribution < -0.4 is 10.0 Å². The second kappa shape index (κ2) is 8.00. The number of benzene rings is 3. The molecule has 0 aliphatic carbocycles. The van der Waals surface area contributed by atoms with E-state index in [-0.39, 0.29) is 10.8 Å². The van der Waals surface area contributed by atoms with Gasteiger partial charge in [-0.1, -0.05) is 30.3 Å². The van der Waals surface area contributed by atoms with Gasteiger partial charge < -0.3 is 4.57 Å². The third kappa shape index (κ3) is 3.90. The van der Waals surface area contributed by atoms with Crippen LogP contribution >= 0.6 is 0 Å². The van der Waals surface area contributed by atoms with Gasteiger partial charge in [-0.15, -0.1) is 0 Å². The highest BCUT2D eigenvalue weighted by Gasteiger charge is 2.15. The highest BCUT2D eigenvalue weighted by molar-refractivity contribution is 7.92. The zero-order valence-electron chi connectivity index (χ0n) is 16.2. The fraction of sp³-hybridized carbons (Fsp3) is 0.0909. The fourth-order valence-corrected chi connectivity index (χ4v) is 4.25. The summed E-state index contributed by atoms with van der Waals surface area (Å²) in [6, 6.07) is 22.0. The maximum Gasteiger partial charge on any atom is 0.261 e. The van der Waals surface area contributed by atoms with Gasteiger partial charge in [-0.05, 0) is 55.5 Å². The SMILES string of the molecule is CCn1c(NC(=O)c2ccc(NS(=O)(=O)c3ccccc3)cc2)nc2ccccc21. The summed E-state index contributed by atoms with van der Waals surface area (Å²) in [5, 5.41) is 2.84. The van der Waals surface area contributed by atoms with Gasteiger partial charge in [0, 0.05) is 17.8 Å². The highest BCUT2D eigenvalue weighted by Crippen LogP contribution is 2.21. The third-order valence-corrected chi connectivity index (χ3v) is 6.05. The molecule has 1 heterocycles. The van der Waals surface area contributed by atoms with Crippen molar-refractivity contribution in [3.63, 3.8) is 0 Å². The van der Waals surface area contributed by atoms with Crippen molar-refractivity contribution >= 4 is 38.6 Å². The summed E-state index contributed by atoms with van der Waals surface area (Å²) in [7, 11) is -3.68. The zero-order valence-corrected chi connectivity index (χ0v) is 17.1. The molecule has 0 aliphatic heterocycles. The van der Waals surface area contributed by atoms with Crippen LogP contribution in [0.25, 0.3) is 11.0 Å². The molecule has 30 heavy (non-hydrogen) atoms. The van der Waals surface area contributed by atoms with E-state index in [1.54, 1.807) is 42.5 Å². The lowest BCUT2D eigenvalue weighted by molar-refractivity contribution is 0.102. The Kier molecular flexibility index (Phi) is 5.24. The first-order valence-electron chi connectivity index (χ1n) is 9.42. The van der Waals surface area contributed by atoms with E-state index >= 15 is 0 Å². The van der Waals surface area contributed by atoms with Gasteiger partial charge in [0.25, 0.3) is 15.9 Å². The minimum Gasteiger partial charge on any atom is -0.310 e. The van der Waals surface area contributed by atoms with Gasteiger partial charge in [0.05, 0.1) is 15.9 Å². The second-order valence-electron chi connectivity index (χ2n) is 6.62. The minimum absolute atomic E-state index is 0.172. The molecular weight excluding hydrogens is 400 g/mol. The average molecular weight is 420 g/mol. The van der Waals surface area contributed by atoms with E-state index in [9.17, 15) is 13.2 Å². The lowest BCUT2D eigenvalue weighted by Crippen LogP contribution is -2.16. The summed E-state index contributed by atoms with van der Waals surface area (Å²) in [5.74, 6) is 0.148. The molecule has 2 N–H and O–H groups in total. The number of para-hydroxylation sites is 2. The van der Waals surface area contributed by atoms with Crippen LogP contribution in [0.15, 0.2) is 83.8 Å². The van der Waals surface area contributed by atoms with Crippen LogP contribution in [0.3, 0.4) is 0 Å². The maximum absolute atomic E-state index is 12.7. The summed E-state index contributed by atoms with van der Waals surface area (Å²) in [6.07, 6.45) is 0. The van der Waals surface area contributed by atoms with Crippen molar-refractivity contribution in [1.29, 1.82) is 0 Å². The molecule has 0 saturated carbocycles. The topological polar surface area (TPSA) is 93.1 Å². The molecule has 4 aromatic rings. The van der Waals surface area contributed by atoms with E-state index in [0.29, 0.717) is 23.7 Å². The molecule has 3 aromatic carbocycles. The number of aryl methyl sites for hydroxylation is 1. The number of imidazole rings is 1. The number of hydrogen-bond acceptors (Lipinski definition) is 4. The molecule has 8 heteroatoms. The number of amides is 1. The Morgan fingerprint density at radius 2 is 1.60 bits per heavy atom. The number of carbonyl (C=O) groups is 1. The Bertz CT molecular complexity index is 1300. The predicted molar refractivity (Wildman–Crippen MR) is 117 cm³/mol. The van der Waals surface area contributed by atoms with Gasteiger partial charge in [-0.2, -0.15) is 0 Å². The van der Waals surface area contributed by atoms with Gasteiger partial charge in [0.1, 0.15) is 0 Å². The Morgan fingerprint density at radius 1 is 0.933 bits per heavy atom. The van der Waals surface area contributed by atoms with Crippen molar-refractivity contribution in [2.24, 2.45) is 0 Å². The summed E-state index contributed by atoms with van der Waals surface area (Å²) in [6.45, 7) is 2.65. The van der Waals surface area contributed by atoms with Crippen molar-refractivity contribution in [3.05, 3.63) is 84.4 Å². The zero-order chi connectivity index (χ0) is 21.1. The molecule has 0 unspecified atom stereocenters. The molecule has 7 nitrogen and oxygen atoms in total. The monoisotopic (exact) mass is 420 g/mol. The first-order chi connectivity index (χ1) is 14.5. The van der Waals surface area contributed by atoms with Gasteiger partial charge >= 0.3 is 0 Å². The molecule has 0 bridgehead atoms. The van der Waals surface area contributed by atoms with E-state index in [0.717, 1.165) is 11.0 Å². The Morgan fingerprint density at radius 3 is 2.30 bits per heavy atom. The van der Waals surface area contributed by atoms with E-state index in [1.807, 2.05) is 35.8 Å². The Hall–Kier alpha value is -3.65. The molecule has 1 amide bonds. The number of sulfonamides is 1. The molecule has 0 saturated heterocycles. The molecule has 0 aliphatic rings. The van der Waals surface area contributed by atoms with Crippen molar-refractivity contribution < 1.29 is 13.2 Å². The van der Waals surface area contributed by atoms with Gasteiger partial charge in [0.15, 0.2) is 0 Å². The molecule has 4 rings (SSSR count). The van der Waals surface area contributed by atoms with Crippen LogP contribution in [0, 0.1) is 0 Å². The van der Waals surface area contributed by atoms with Crippen molar-refractivity contribution in [1.82, 2.24) is 9.55 Å². The van der Waals surface area contributed by atoms with E-state index < -0.39 is 10.0 Å². The molecule has 0 atom stereocenters. The quantitative estimate of drug-likeness (QED) is 0.491. The van der Waals surface area contributed by atoms with Crippen molar-refractivity contribution in [2.75, 3.05) is 10.0 Å². The summed E-state index contributed by atoms with van der Waals surface area (Å²) in [5.41, 5.74) is 2.52. The highest BCUT2D eigenvalue weighted by atomic mass is 32.2. The van der Waals surface area contributed by atoms with Crippen LogP contribution in [0.5, 0.6) is 0 Å². The Labute approximate surface area is 174 Å². The number of fused-ring (bicyclic) bond motifs is 1. The number of carbonyl (C=O) groups excluding carboxylic acids is 1. The van der Waals surface area contributed by atoms with Crippen LogP contribution in [0.2, 0.25) is 0 Å². The smallest absolute Gasteiger partial charge is 0.261 e. The van der Waals surface area contributed by atoms with Crippen molar-refractivity contribution in [3.8, 4) is 0 Å². The van der Waals surface area contributed by atoms with Gasteiger partial charge in [0.2, 0.25) is 5.95 Å². The number of rotatable bonds is 6. The van der Waals surface area contributed by atoms with Crippen LogP contribution in [0.1, 0.15) is 17.3 Å². The molecule has 0 spiro atoms. The average Bonchev–Trinajstić information content (AvgIpc) is 3.11. The number of nitrogens with one attached hydrogen (secondary N) is 2. The first-order valence-corrected chi connectivity index (χ1v) is 10.9. The van der Waals surface area contributed by atoms with Crippen molar-refractivity contribution in [2.45, 2.75) is 18.4 Å².